The lowest BCUT2D eigenvalue weighted by molar-refractivity contribution is 0.352. The van der Waals surface area contributed by atoms with Gasteiger partial charge >= 0.3 is 0 Å². The van der Waals surface area contributed by atoms with Crippen LogP contribution in [0.25, 0.3) is 0 Å². The van der Waals surface area contributed by atoms with Crippen molar-refractivity contribution in [1.82, 2.24) is 9.69 Å². The van der Waals surface area contributed by atoms with Crippen LogP contribution in [0.4, 0.5) is 0 Å². The van der Waals surface area contributed by atoms with Crippen molar-refractivity contribution in [2.45, 2.75) is 39.3 Å². The van der Waals surface area contributed by atoms with Gasteiger partial charge in [-0.3, -0.25) is 0 Å². The minimum atomic E-state index is 0.109. The Hall–Kier alpha value is -0.810. The fourth-order valence-electron chi connectivity index (χ4n) is 1.20. The minimum Gasteiger partial charge on any atom is -0.486 e. The van der Waals surface area contributed by atoms with Crippen molar-refractivity contribution in [1.29, 1.82) is 0 Å². The van der Waals surface area contributed by atoms with Gasteiger partial charge in [-0.25, -0.2) is 0 Å². The molecule has 0 fully saturated rings. The Morgan fingerprint density at radius 1 is 1.31 bits per heavy atom. The van der Waals surface area contributed by atoms with Gasteiger partial charge in [0.25, 0.3) is 0 Å². The first-order valence-corrected chi connectivity index (χ1v) is 6.13. The summed E-state index contributed by atoms with van der Waals surface area (Å²) >= 11 is 1.32. The van der Waals surface area contributed by atoms with Crippen LogP contribution in [0.2, 0.25) is 0 Å². The van der Waals surface area contributed by atoms with E-state index in [1.165, 1.54) is 11.5 Å². The molecule has 0 saturated heterocycles. The zero-order valence-electron chi connectivity index (χ0n) is 10.6. The lowest BCUT2D eigenvalue weighted by Gasteiger charge is -2.24. The molecule has 16 heavy (non-hydrogen) atoms. The van der Waals surface area contributed by atoms with E-state index in [1.807, 2.05) is 0 Å². The largest absolute Gasteiger partial charge is 0.486 e. The molecular formula is C11H20N2O2S. The summed E-state index contributed by atoms with van der Waals surface area (Å²) < 4.78 is 14.7. The van der Waals surface area contributed by atoms with Crippen molar-refractivity contribution in [3.05, 3.63) is 5.56 Å². The van der Waals surface area contributed by atoms with Crippen molar-refractivity contribution < 1.29 is 9.47 Å². The van der Waals surface area contributed by atoms with Gasteiger partial charge in [0, 0.05) is 23.6 Å². The lowest BCUT2D eigenvalue weighted by atomic mass is 10.0. The average molecular weight is 244 g/mol. The van der Waals surface area contributed by atoms with Crippen molar-refractivity contribution in [3.63, 3.8) is 0 Å². The van der Waals surface area contributed by atoms with Gasteiger partial charge in [-0.1, -0.05) is 6.92 Å². The molecular weight excluding hydrogens is 224 g/mol. The molecule has 0 atom stereocenters. The van der Waals surface area contributed by atoms with Crippen LogP contribution in [0.5, 0.6) is 10.9 Å². The third-order valence-corrected chi connectivity index (χ3v) is 3.56. The van der Waals surface area contributed by atoms with Crippen LogP contribution < -0.4 is 14.8 Å². The highest BCUT2D eigenvalue weighted by Crippen LogP contribution is 2.32. The molecule has 92 valence electrons. The predicted octanol–water partition coefficient (Wildman–Crippen LogP) is 2.44. The minimum absolute atomic E-state index is 0.109. The highest BCUT2D eigenvalue weighted by molar-refractivity contribution is 7.08. The summed E-state index contributed by atoms with van der Waals surface area (Å²) in [6.45, 7) is 7.22. The molecule has 0 amide bonds. The van der Waals surface area contributed by atoms with Crippen LogP contribution in [0, 0.1) is 0 Å². The molecule has 0 bridgehead atoms. The Labute approximate surface area is 101 Å². The van der Waals surface area contributed by atoms with Crippen LogP contribution in [-0.4, -0.2) is 24.1 Å². The van der Waals surface area contributed by atoms with Gasteiger partial charge < -0.3 is 14.8 Å². The first-order chi connectivity index (χ1) is 7.54. The lowest BCUT2D eigenvalue weighted by Crippen LogP contribution is -2.37. The fraction of sp³-hybridized carbons (Fsp3) is 0.727. The van der Waals surface area contributed by atoms with E-state index in [4.69, 9.17) is 9.47 Å². The zero-order chi connectivity index (χ0) is 12.2. The third kappa shape index (κ3) is 3.09. The molecule has 1 aromatic heterocycles. The molecule has 0 unspecified atom stereocenters. The summed E-state index contributed by atoms with van der Waals surface area (Å²) in [5.74, 6) is 0.654. The number of hydrogen-bond acceptors (Lipinski definition) is 5. The number of rotatable bonds is 6. The predicted molar refractivity (Wildman–Crippen MR) is 66.4 cm³/mol. The number of hydrogen-bond donors (Lipinski definition) is 1. The summed E-state index contributed by atoms with van der Waals surface area (Å²) in [5, 5.41) is 4.28. The van der Waals surface area contributed by atoms with Crippen LogP contribution >= 0.6 is 11.5 Å². The zero-order valence-corrected chi connectivity index (χ0v) is 11.4. The molecule has 5 heteroatoms. The van der Waals surface area contributed by atoms with Gasteiger partial charge in [-0.05, 0) is 20.3 Å². The Morgan fingerprint density at radius 2 is 2.00 bits per heavy atom. The molecule has 4 nitrogen and oxygen atoms in total. The van der Waals surface area contributed by atoms with E-state index in [-0.39, 0.29) is 5.54 Å². The van der Waals surface area contributed by atoms with Gasteiger partial charge in [0.2, 0.25) is 10.9 Å². The maximum atomic E-state index is 5.26. The standard InChI is InChI=1S/C11H20N2O2S/c1-6-11(2,3)12-7-8-9(14-4)13-16-10(8)15-5/h12H,6-7H2,1-5H3. The number of nitrogens with one attached hydrogen (secondary N) is 1. The average Bonchev–Trinajstić information content (AvgIpc) is 2.68. The maximum Gasteiger partial charge on any atom is 0.233 e. The Bertz CT molecular complexity index is 315. The SMILES string of the molecule is CCC(C)(C)NCc1c(OC)nsc1OC. The highest BCUT2D eigenvalue weighted by Gasteiger charge is 2.19. The number of aromatic nitrogens is 1. The molecule has 1 aromatic rings. The van der Waals surface area contributed by atoms with Crippen LogP contribution in [-0.2, 0) is 6.54 Å². The molecule has 1 heterocycles. The van der Waals surface area contributed by atoms with E-state index in [0.29, 0.717) is 12.4 Å². The summed E-state index contributed by atoms with van der Waals surface area (Å²) in [5.41, 5.74) is 1.11. The molecule has 0 radical (unpaired) electrons. The number of nitrogens with zero attached hydrogens (tertiary/aromatic N) is 1. The normalized spacial score (nSPS) is 11.6. The first kappa shape index (κ1) is 13.3. The molecule has 1 rings (SSSR count). The topological polar surface area (TPSA) is 43.4 Å². The van der Waals surface area contributed by atoms with E-state index in [2.05, 4.69) is 30.5 Å². The second-order valence-electron chi connectivity index (χ2n) is 4.25. The van der Waals surface area contributed by atoms with E-state index in [0.717, 1.165) is 17.0 Å². The van der Waals surface area contributed by atoms with Crippen LogP contribution in [0.15, 0.2) is 0 Å². The number of ether oxygens (including phenoxy) is 2. The summed E-state index contributed by atoms with van der Waals surface area (Å²) in [4.78, 5) is 0. The third-order valence-electron chi connectivity index (χ3n) is 2.72. The van der Waals surface area contributed by atoms with Gasteiger partial charge in [0.05, 0.1) is 19.8 Å². The van der Waals surface area contributed by atoms with Crippen molar-refractivity contribution >= 4 is 11.5 Å². The molecule has 0 saturated carbocycles. The molecule has 0 aromatic carbocycles. The van der Waals surface area contributed by atoms with E-state index >= 15 is 0 Å². The fourth-order valence-corrected chi connectivity index (χ4v) is 1.90. The van der Waals surface area contributed by atoms with E-state index < -0.39 is 0 Å². The molecule has 0 aliphatic carbocycles. The smallest absolute Gasteiger partial charge is 0.233 e. The maximum absolute atomic E-state index is 5.26. The van der Waals surface area contributed by atoms with E-state index in [9.17, 15) is 0 Å². The van der Waals surface area contributed by atoms with Gasteiger partial charge in [0.15, 0.2) is 0 Å². The Kier molecular flexibility index (Phi) is 4.56. The van der Waals surface area contributed by atoms with Gasteiger partial charge in [-0.2, -0.15) is 4.37 Å². The molecule has 0 spiro atoms. The first-order valence-electron chi connectivity index (χ1n) is 5.35. The van der Waals surface area contributed by atoms with Gasteiger partial charge in [0.1, 0.15) is 0 Å². The monoisotopic (exact) mass is 244 g/mol. The molecule has 0 aliphatic rings. The second-order valence-corrected chi connectivity index (χ2v) is 4.99. The Balaban J connectivity index is 2.75. The van der Waals surface area contributed by atoms with Crippen molar-refractivity contribution in [2.75, 3.05) is 14.2 Å². The van der Waals surface area contributed by atoms with Crippen LogP contribution in [0.1, 0.15) is 32.8 Å². The highest BCUT2D eigenvalue weighted by atomic mass is 32.1. The van der Waals surface area contributed by atoms with E-state index in [1.54, 1.807) is 14.2 Å². The quantitative estimate of drug-likeness (QED) is 0.834. The Morgan fingerprint density at radius 3 is 2.50 bits per heavy atom. The second kappa shape index (κ2) is 5.50. The summed E-state index contributed by atoms with van der Waals surface area (Å²) in [6.07, 6.45) is 1.06. The molecule has 0 aliphatic heterocycles. The summed E-state index contributed by atoms with van der Waals surface area (Å²) in [6, 6.07) is 0. The van der Waals surface area contributed by atoms with Crippen molar-refractivity contribution in [2.24, 2.45) is 0 Å². The van der Waals surface area contributed by atoms with Crippen molar-refractivity contribution in [3.8, 4) is 10.9 Å². The van der Waals surface area contributed by atoms with Gasteiger partial charge in [-0.15, -0.1) is 0 Å². The van der Waals surface area contributed by atoms with Crippen LogP contribution in [0.3, 0.4) is 0 Å². The molecule has 1 N–H and O–H groups in total. The summed E-state index contributed by atoms with van der Waals surface area (Å²) in [7, 11) is 3.28. The number of methoxy groups -OCH3 is 2.